The van der Waals surface area contributed by atoms with Crippen LogP contribution in [0.3, 0.4) is 0 Å². The number of carbonyl (C=O) groups is 1. The number of aromatic nitrogens is 3. The van der Waals surface area contributed by atoms with E-state index in [9.17, 15) is 4.79 Å². The number of carbonyl (C=O) groups excluding carboxylic acids is 1. The van der Waals surface area contributed by atoms with E-state index in [-0.39, 0.29) is 12.3 Å². The lowest BCUT2D eigenvalue weighted by atomic mass is 10.0. The van der Waals surface area contributed by atoms with Gasteiger partial charge in [-0.05, 0) is 28.6 Å². The van der Waals surface area contributed by atoms with Gasteiger partial charge in [0.15, 0.2) is 5.82 Å². The predicted molar refractivity (Wildman–Crippen MR) is 88.8 cm³/mol. The molecule has 0 saturated heterocycles. The number of aryl methyl sites for hydroxylation is 1. The fourth-order valence-electron chi connectivity index (χ4n) is 2.47. The molecule has 0 saturated carbocycles. The van der Waals surface area contributed by atoms with Crippen LogP contribution in [-0.4, -0.2) is 20.8 Å². The number of hydrogen-bond donors (Lipinski definition) is 2. The Morgan fingerprint density at radius 1 is 1.27 bits per heavy atom. The number of H-pyrrole nitrogens is 1. The van der Waals surface area contributed by atoms with E-state index in [1.807, 2.05) is 49.4 Å². The molecule has 0 aliphatic rings. The van der Waals surface area contributed by atoms with Gasteiger partial charge < -0.3 is 0 Å². The SMILES string of the molecule is CCc1n[nH]c(=S)n1NC(=O)Cc1cccc2ccccc12. The third-order valence-electron chi connectivity index (χ3n) is 3.53. The molecular formula is C16H16N4OS. The van der Waals surface area contributed by atoms with Crippen LogP contribution in [0.25, 0.3) is 10.8 Å². The lowest BCUT2D eigenvalue weighted by Crippen LogP contribution is -2.26. The van der Waals surface area contributed by atoms with Gasteiger partial charge in [0, 0.05) is 6.42 Å². The summed E-state index contributed by atoms with van der Waals surface area (Å²) in [5.41, 5.74) is 3.79. The maximum atomic E-state index is 12.3. The molecule has 3 aromatic rings. The topological polar surface area (TPSA) is 62.7 Å². The largest absolute Gasteiger partial charge is 0.273 e. The molecule has 1 heterocycles. The number of nitrogens with zero attached hydrogens (tertiary/aromatic N) is 2. The fraction of sp³-hybridized carbons (Fsp3) is 0.188. The molecule has 1 amide bonds. The van der Waals surface area contributed by atoms with E-state index in [2.05, 4.69) is 15.6 Å². The number of nitrogens with one attached hydrogen (secondary N) is 2. The smallest absolute Gasteiger partial charge is 0.243 e. The Morgan fingerprint density at radius 2 is 2.05 bits per heavy atom. The zero-order valence-corrected chi connectivity index (χ0v) is 13.0. The van der Waals surface area contributed by atoms with Crippen molar-refractivity contribution >= 4 is 28.9 Å². The number of amides is 1. The van der Waals surface area contributed by atoms with E-state index < -0.39 is 0 Å². The third-order valence-corrected chi connectivity index (χ3v) is 3.80. The zero-order valence-electron chi connectivity index (χ0n) is 12.2. The molecule has 0 aliphatic carbocycles. The van der Waals surface area contributed by atoms with Gasteiger partial charge in [-0.2, -0.15) is 5.10 Å². The van der Waals surface area contributed by atoms with Crippen molar-refractivity contribution < 1.29 is 4.79 Å². The molecule has 0 radical (unpaired) electrons. The minimum Gasteiger partial charge on any atom is -0.273 e. The minimum atomic E-state index is -0.122. The maximum absolute atomic E-state index is 12.3. The molecular weight excluding hydrogens is 296 g/mol. The van der Waals surface area contributed by atoms with Crippen LogP contribution in [0.1, 0.15) is 18.3 Å². The molecule has 22 heavy (non-hydrogen) atoms. The zero-order chi connectivity index (χ0) is 15.5. The summed E-state index contributed by atoms with van der Waals surface area (Å²) in [7, 11) is 0. The second kappa shape index (κ2) is 6.11. The van der Waals surface area contributed by atoms with Crippen molar-refractivity contribution in [3.63, 3.8) is 0 Å². The van der Waals surface area contributed by atoms with Crippen LogP contribution < -0.4 is 5.43 Å². The second-order valence-corrected chi connectivity index (χ2v) is 5.37. The average Bonchev–Trinajstić information content (AvgIpc) is 2.88. The number of rotatable bonds is 4. The fourth-order valence-corrected chi connectivity index (χ4v) is 2.66. The highest BCUT2D eigenvalue weighted by Gasteiger charge is 2.10. The highest BCUT2D eigenvalue weighted by atomic mass is 32.1. The van der Waals surface area contributed by atoms with Gasteiger partial charge >= 0.3 is 0 Å². The third kappa shape index (κ3) is 2.78. The number of benzene rings is 2. The molecule has 0 atom stereocenters. The summed E-state index contributed by atoms with van der Waals surface area (Å²) in [6, 6.07) is 14.0. The van der Waals surface area contributed by atoms with Gasteiger partial charge in [0.05, 0.1) is 6.42 Å². The summed E-state index contributed by atoms with van der Waals surface area (Å²) in [5.74, 6) is 0.583. The summed E-state index contributed by atoms with van der Waals surface area (Å²) < 4.78 is 1.92. The molecule has 0 fully saturated rings. The number of hydrogen-bond acceptors (Lipinski definition) is 3. The van der Waals surface area contributed by atoms with Gasteiger partial charge in [0.25, 0.3) is 0 Å². The van der Waals surface area contributed by atoms with Crippen LogP contribution in [0.2, 0.25) is 0 Å². The van der Waals surface area contributed by atoms with Gasteiger partial charge in [-0.15, -0.1) is 0 Å². The van der Waals surface area contributed by atoms with Gasteiger partial charge in [-0.3, -0.25) is 15.3 Å². The van der Waals surface area contributed by atoms with Crippen molar-refractivity contribution in [2.75, 3.05) is 5.43 Å². The Labute approximate surface area is 132 Å². The average molecular weight is 312 g/mol. The summed E-state index contributed by atoms with van der Waals surface area (Å²) in [4.78, 5) is 12.3. The summed E-state index contributed by atoms with van der Waals surface area (Å²) in [6.45, 7) is 1.96. The molecule has 112 valence electrons. The van der Waals surface area contributed by atoms with Gasteiger partial charge in [-0.25, -0.2) is 4.68 Å². The van der Waals surface area contributed by atoms with Crippen molar-refractivity contribution in [2.24, 2.45) is 0 Å². The van der Waals surface area contributed by atoms with Crippen LogP contribution >= 0.6 is 12.2 Å². The van der Waals surface area contributed by atoms with Crippen molar-refractivity contribution in [1.29, 1.82) is 0 Å². The minimum absolute atomic E-state index is 0.122. The van der Waals surface area contributed by atoms with Crippen molar-refractivity contribution in [3.05, 3.63) is 58.6 Å². The van der Waals surface area contributed by atoms with E-state index in [0.717, 1.165) is 16.3 Å². The number of aromatic amines is 1. The van der Waals surface area contributed by atoms with Crippen molar-refractivity contribution in [3.8, 4) is 0 Å². The Morgan fingerprint density at radius 3 is 2.86 bits per heavy atom. The van der Waals surface area contributed by atoms with E-state index in [0.29, 0.717) is 17.0 Å². The first-order chi connectivity index (χ1) is 10.7. The van der Waals surface area contributed by atoms with Crippen molar-refractivity contribution in [2.45, 2.75) is 19.8 Å². The van der Waals surface area contributed by atoms with Crippen LogP contribution in [0.5, 0.6) is 0 Å². The lowest BCUT2D eigenvalue weighted by molar-refractivity contribution is -0.116. The molecule has 1 aromatic heterocycles. The molecule has 0 unspecified atom stereocenters. The standard InChI is InChI=1S/C16H16N4OS/c1-2-14-17-18-16(22)20(14)19-15(21)10-12-8-5-7-11-6-3-4-9-13(11)12/h3-9H,2,10H2,1H3,(H,18,22)(H,19,21). The van der Waals surface area contributed by atoms with Gasteiger partial charge in [0.2, 0.25) is 10.7 Å². The van der Waals surface area contributed by atoms with E-state index in [4.69, 9.17) is 12.2 Å². The lowest BCUT2D eigenvalue weighted by Gasteiger charge is -2.09. The monoisotopic (exact) mass is 312 g/mol. The highest BCUT2D eigenvalue weighted by Crippen LogP contribution is 2.18. The van der Waals surface area contributed by atoms with Crippen LogP contribution in [0.4, 0.5) is 0 Å². The van der Waals surface area contributed by atoms with Gasteiger partial charge in [-0.1, -0.05) is 49.4 Å². The first-order valence-corrected chi connectivity index (χ1v) is 7.52. The van der Waals surface area contributed by atoms with E-state index in [1.54, 1.807) is 0 Å². The Hall–Kier alpha value is -2.47. The van der Waals surface area contributed by atoms with Gasteiger partial charge in [0.1, 0.15) is 0 Å². The molecule has 3 rings (SSSR count). The molecule has 6 heteroatoms. The van der Waals surface area contributed by atoms with Crippen LogP contribution in [0, 0.1) is 4.77 Å². The van der Waals surface area contributed by atoms with E-state index in [1.165, 1.54) is 4.68 Å². The van der Waals surface area contributed by atoms with E-state index >= 15 is 0 Å². The molecule has 5 nitrogen and oxygen atoms in total. The maximum Gasteiger partial charge on any atom is 0.243 e. The Balaban J connectivity index is 1.85. The number of fused-ring (bicyclic) bond motifs is 1. The normalized spacial score (nSPS) is 10.8. The summed E-state index contributed by atoms with van der Waals surface area (Å²) in [6.07, 6.45) is 0.971. The Kier molecular flexibility index (Phi) is 4.02. The summed E-state index contributed by atoms with van der Waals surface area (Å²) in [5, 5.41) is 8.98. The summed E-state index contributed by atoms with van der Waals surface area (Å²) >= 11 is 5.13. The predicted octanol–water partition coefficient (Wildman–Crippen LogP) is 2.97. The van der Waals surface area contributed by atoms with Crippen LogP contribution in [0.15, 0.2) is 42.5 Å². The molecule has 0 aliphatic heterocycles. The highest BCUT2D eigenvalue weighted by molar-refractivity contribution is 7.71. The Bertz CT molecular complexity index is 876. The molecule has 0 spiro atoms. The van der Waals surface area contributed by atoms with Crippen molar-refractivity contribution in [1.82, 2.24) is 14.9 Å². The first kappa shape index (κ1) is 14.5. The first-order valence-electron chi connectivity index (χ1n) is 7.12. The second-order valence-electron chi connectivity index (χ2n) is 4.98. The molecule has 2 N–H and O–H groups in total. The molecule has 2 aromatic carbocycles. The quantitative estimate of drug-likeness (QED) is 0.728. The van der Waals surface area contributed by atoms with Crippen LogP contribution in [-0.2, 0) is 17.6 Å². The molecule has 0 bridgehead atoms.